The molecule has 4 atom stereocenters. The number of halogens is 2. The Balaban J connectivity index is 0.000000896. The topological polar surface area (TPSA) is 0 Å². The summed E-state index contributed by atoms with van der Waals surface area (Å²) in [5.74, 6) is 4.18. The molecule has 0 aromatic heterocycles. The van der Waals surface area contributed by atoms with Gasteiger partial charge in [0.15, 0.2) is 0 Å². The molecule has 0 aliphatic heterocycles. The summed E-state index contributed by atoms with van der Waals surface area (Å²) in [6, 6.07) is 18.7. The molecule has 4 aliphatic rings. The molecule has 209 valence electrons. The van der Waals surface area contributed by atoms with Crippen molar-refractivity contribution in [3.63, 3.8) is 0 Å². The minimum absolute atomic E-state index is 0. The van der Waals surface area contributed by atoms with Gasteiger partial charge in [0.25, 0.3) is 0 Å². The zero-order chi connectivity index (χ0) is 26.1. The minimum atomic E-state index is -0.826. The van der Waals surface area contributed by atoms with Gasteiger partial charge >= 0.3 is 37.9 Å². The molecule has 2 fully saturated rings. The van der Waals surface area contributed by atoms with Gasteiger partial charge < -0.3 is 14.9 Å². The molecule has 40 heavy (non-hydrogen) atoms. The van der Waals surface area contributed by atoms with E-state index in [1.807, 2.05) is 0 Å². The van der Waals surface area contributed by atoms with E-state index < -0.39 is 20.8 Å². The van der Waals surface area contributed by atoms with Crippen molar-refractivity contribution >= 4 is 25.4 Å². The van der Waals surface area contributed by atoms with E-state index in [2.05, 4.69) is 101 Å². The van der Waals surface area contributed by atoms with Gasteiger partial charge in [-0.2, -0.15) is 0 Å². The second-order valence-corrected chi connectivity index (χ2v) is 15.4. The zero-order valence-electron chi connectivity index (χ0n) is 25.1. The maximum absolute atomic E-state index is 4.93. The van der Waals surface area contributed by atoms with Crippen LogP contribution in [-0.4, -0.2) is 8.41 Å². The predicted molar refractivity (Wildman–Crippen MR) is 175 cm³/mol. The van der Waals surface area contributed by atoms with Crippen molar-refractivity contribution in [1.82, 2.24) is 0 Å². The number of benzene rings is 2. The Morgan fingerprint density at radius 2 is 0.775 bits per heavy atom. The van der Waals surface area contributed by atoms with Gasteiger partial charge in [0.05, 0.1) is 0 Å². The van der Waals surface area contributed by atoms with E-state index in [1.54, 1.807) is 33.4 Å². The van der Waals surface area contributed by atoms with E-state index >= 15 is 0 Å². The second kappa shape index (κ2) is 15.4. The fourth-order valence-corrected chi connectivity index (χ4v) is 7.81. The van der Waals surface area contributed by atoms with Crippen LogP contribution in [0.2, 0.25) is 0 Å². The van der Waals surface area contributed by atoms with Crippen molar-refractivity contribution in [2.75, 3.05) is 0 Å². The van der Waals surface area contributed by atoms with E-state index in [0.717, 1.165) is 23.7 Å². The van der Waals surface area contributed by atoms with Crippen LogP contribution in [0, 0.1) is 38.5 Å². The first-order valence-corrected chi connectivity index (χ1v) is 20.1. The number of hydrogen-bond donors (Lipinski definition) is 0. The second-order valence-electron chi connectivity index (χ2n) is 11.7. The van der Waals surface area contributed by atoms with Crippen molar-refractivity contribution in [2.45, 2.75) is 65.2 Å². The van der Waals surface area contributed by atoms with E-state index in [1.165, 1.54) is 36.8 Å². The maximum atomic E-state index is 4.93. The van der Waals surface area contributed by atoms with Gasteiger partial charge in [0.1, 0.15) is 0 Å². The standard InChI is InChI=1S/C34H38.2CH3.B.2ClH.Zr/c1-21-13-14-22(2)32-18-25(17-31(21)32)27-9-5-7-11-29(27)30-12-8-6-10-28(30)26-19-33-23(3)15-16-24(4)34(33)20-26;;;;;;/h5-16,25-26,31-34H,17-20H2,1-4H3;2*1H3;;2*1H;/q;2*-1;;;;+4/p-2. The molecule has 0 N–H and O–H groups in total. The van der Waals surface area contributed by atoms with Crippen LogP contribution in [0.4, 0.5) is 0 Å². The molecule has 3 radical (unpaired) electrons. The molecule has 6 rings (SSSR count). The fraction of sp³-hybridized carbons (Fsp3) is 0.389. The van der Waals surface area contributed by atoms with Gasteiger partial charge in [-0.1, -0.05) is 95.1 Å². The summed E-state index contributed by atoms with van der Waals surface area (Å²) in [5.41, 5.74) is 12.4. The monoisotopic (exact) mass is 647 g/mol. The Morgan fingerprint density at radius 1 is 0.525 bits per heavy atom. The van der Waals surface area contributed by atoms with Crippen molar-refractivity contribution in [1.29, 1.82) is 0 Å². The van der Waals surface area contributed by atoms with Crippen LogP contribution >= 0.6 is 17.0 Å². The van der Waals surface area contributed by atoms with Crippen LogP contribution in [0.15, 0.2) is 95.1 Å². The van der Waals surface area contributed by atoms with E-state index in [4.69, 9.17) is 17.0 Å². The number of allylic oxidation sites excluding steroid dienone is 8. The van der Waals surface area contributed by atoms with Crippen LogP contribution in [-0.2, 0) is 20.8 Å². The van der Waals surface area contributed by atoms with Crippen LogP contribution in [0.5, 0.6) is 0 Å². The summed E-state index contributed by atoms with van der Waals surface area (Å²) < 4.78 is 0. The van der Waals surface area contributed by atoms with Crippen LogP contribution < -0.4 is 0 Å². The first-order chi connectivity index (χ1) is 17.9. The Kier molecular flexibility index (Phi) is 13.5. The molecule has 2 aromatic rings. The molecule has 4 unspecified atom stereocenters. The molecule has 0 bridgehead atoms. The molecule has 0 spiro atoms. The van der Waals surface area contributed by atoms with Gasteiger partial charge in [0, 0.05) is 8.41 Å². The van der Waals surface area contributed by atoms with Gasteiger partial charge in [-0.15, -0.1) is 0 Å². The fourth-order valence-electron chi connectivity index (χ4n) is 7.81. The van der Waals surface area contributed by atoms with Crippen molar-refractivity contribution in [2.24, 2.45) is 23.7 Å². The van der Waals surface area contributed by atoms with Crippen LogP contribution in [0.1, 0.15) is 76.3 Å². The van der Waals surface area contributed by atoms with Crippen molar-refractivity contribution < 1.29 is 20.8 Å². The quantitative estimate of drug-likeness (QED) is 0.229. The van der Waals surface area contributed by atoms with E-state index in [0.29, 0.717) is 11.8 Å². The summed E-state index contributed by atoms with van der Waals surface area (Å²) in [4.78, 5) is 0. The molecule has 0 heterocycles. The summed E-state index contributed by atoms with van der Waals surface area (Å²) in [5, 5.41) is 0. The van der Waals surface area contributed by atoms with Gasteiger partial charge in [-0.05, 0) is 111 Å². The molecule has 0 amide bonds. The first-order valence-electron chi connectivity index (χ1n) is 13.8. The number of fused-ring (bicyclic) bond motifs is 2. The number of rotatable bonds is 3. The Morgan fingerprint density at radius 3 is 1.05 bits per heavy atom. The average molecular weight is 650 g/mol. The van der Waals surface area contributed by atoms with E-state index in [-0.39, 0.29) is 23.3 Å². The summed E-state index contributed by atoms with van der Waals surface area (Å²) >= 11 is -0.826. The molecule has 4 heteroatoms. The Labute approximate surface area is 265 Å². The summed E-state index contributed by atoms with van der Waals surface area (Å²) in [6.45, 7) is 9.38. The average Bonchev–Trinajstić information content (AvgIpc) is 3.56. The molecule has 4 aliphatic carbocycles. The molecular weight excluding hydrogens is 605 g/mol. The third-order valence-corrected chi connectivity index (χ3v) is 9.77. The normalized spacial score (nSPS) is 27.8. The van der Waals surface area contributed by atoms with Gasteiger partial charge in [0.2, 0.25) is 0 Å². The Bertz CT molecular complexity index is 1120. The summed E-state index contributed by atoms with van der Waals surface area (Å²) in [6.07, 6.45) is 14.6. The molecule has 0 nitrogen and oxygen atoms in total. The number of hydrogen-bond acceptors (Lipinski definition) is 0. The van der Waals surface area contributed by atoms with E-state index in [9.17, 15) is 0 Å². The summed E-state index contributed by atoms with van der Waals surface area (Å²) in [7, 11) is 9.87. The SMILES string of the molecule is CC1=CC=C(C)C2CC(c3ccccc3-c3ccccc3C3CC4C(C)=CC=C(C)C4C3)CC12.[B].[CH3-].[CH3-].[Cl][Zr+2][Cl]. The molecule has 2 aromatic carbocycles. The van der Waals surface area contributed by atoms with Gasteiger partial charge in [-0.25, -0.2) is 0 Å². The zero-order valence-corrected chi connectivity index (χ0v) is 29.0. The molecule has 0 saturated heterocycles. The molecular formula is C36H44BCl2Zr. The first kappa shape index (κ1) is 35.1. The Hall–Kier alpha value is -1.07. The predicted octanol–water partition coefficient (Wildman–Crippen LogP) is 11.3. The van der Waals surface area contributed by atoms with Gasteiger partial charge in [-0.3, -0.25) is 0 Å². The third kappa shape index (κ3) is 6.93. The van der Waals surface area contributed by atoms with Crippen LogP contribution in [0.3, 0.4) is 0 Å². The molecule has 2 saturated carbocycles. The van der Waals surface area contributed by atoms with Crippen molar-refractivity contribution in [3.05, 3.63) is 121 Å². The third-order valence-electron chi connectivity index (χ3n) is 9.77. The van der Waals surface area contributed by atoms with Crippen LogP contribution in [0.25, 0.3) is 11.1 Å². The van der Waals surface area contributed by atoms with Crippen molar-refractivity contribution in [3.8, 4) is 11.1 Å².